The number of hydrogen-bond acceptors (Lipinski definition) is 3. The van der Waals surface area contributed by atoms with E-state index < -0.39 is 6.09 Å². The molecular weight excluding hydrogens is 340 g/mol. The maximum absolute atomic E-state index is 13.1. The number of carbonyl (C=O) groups is 2. The van der Waals surface area contributed by atoms with Gasteiger partial charge in [0, 0.05) is 19.0 Å². The summed E-state index contributed by atoms with van der Waals surface area (Å²) in [7, 11) is 0. The minimum Gasteiger partial charge on any atom is -0.443 e. The minimum atomic E-state index is -0.425. The van der Waals surface area contributed by atoms with Gasteiger partial charge in [0.25, 0.3) is 0 Å². The predicted octanol–water partition coefficient (Wildman–Crippen LogP) is 5.16. The number of hydrazine groups is 1. The molecular formula is C22H34N2O3. The second kappa shape index (κ2) is 11.6. The first-order valence-electron chi connectivity index (χ1n) is 10.5. The van der Waals surface area contributed by atoms with Gasteiger partial charge in [-0.05, 0) is 24.8 Å². The zero-order chi connectivity index (χ0) is 19.5. The molecule has 0 radical (unpaired) electrons. The summed E-state index contributed by atoms with van der Waals surface area (Å²) in [6.07, 6.45) is 7.82. The van der Waals surface area contributed by atoms with Crippen molar-refractivity contribution >= 4 is 12.0 Å². The second-order valence-corrected chi connectivity index (χ2v) is 7.31. The lowest BCUT2D eigenvalue weighted by molar-refractivity contribution is -0.147. The Kier molecular flexibility index (Phi) is 9.16. The van der Waals surface area contributed by atoms with Gasteiger partial charge in [-0.15, -0.1) is 0 Å². The molecule has 0 aliphatic carbocycles. The maximum Gasteiger partial charge on any atom is 0.429 e. The standard InChI is InChI=1S/C22H34N2O3/c1-3-5-6-10-15-20(12-4-2)21(25)23-16-11-17-24(23)22(26)27-18-19-13-8-7-9-14-19/h7-9,13-14,20H,3-6,10-12,15-18H2,1-2H3. The molecule has 1 fully saturated rings. The van der Waals surface area contributed by atoms with Gasteiger partial charge in [-0.25, -0.2) is 14.8 Å². The van der Waals surface area contributed by atoms with Crippen LogP contribution in [0.5, 0.6) is 0 Å². The molecule has 1 aromatic carbocycles. The molecule has 5 heteroatoms. The van der Waals surface area contributed by atoms with Crippen LogP contribution in [0.25, 0.3) is 0 Å². The van der Waals surface area contributed by atoms with Crippen LogP contribution in [0, 0.1) is 5.92 Å². The number of carbonyl (C=O) groups excluding carboxylic acids is 2. The van der Waals surface area contributed by atoms with Gasteiger partial charge >= 0.3 is 6.09 Å². The zero-order valence-corrected chi connectivity index (χ0v) is 16.9. The normalized spacial score (nSPS) is 15.0. The molecule has 1 heterocycles. The molecule has 0 saturated carbocycles. The summed E-state index contributed by atoms with van der Waals surface area (Å²) in [5, 5.41) is 3.13. The summed E-state index contributed by atoms with van der Waals surface area (Å²) in [5.74, 6) is 0.0943. The van der Waals surface area contributed by atoms with Crippen molar-refractivity contribution in [1.29, 1.82) is 0 Å². The van der Waals surface area contributed by atoms with Gasteiger partial charge in [0.2, 0.25) is 5.91 Å². The van der Waals surface area contributed by atoms with Crippen molar-refractivity contribution in [2.45, 2.75) is 71.8 Å². The van der Waals surface area contributed by atoms with Crippen molar-refractivity contribution < 1.29 is 14.3 Å². The smallest absolute Gasteiger partial charge is 0.429 e. The molecule has 0 spiro atoms. The van der Waals surface area contributed by atoms with E-state index in [4.69, 9.17) is 4.74 Å². The van der Waals surface area contributed by atoms with Crippen molar-refractivity contribution in [3.05, 3.63) is 35.9 Å². The van der Waals surface area contributed by atoms with Crippen LogP contribution in [0.2, 0.25) is 0 Å². The fourth-order valence-corrected chi connectivity index (χ4v) is 3.59. The summed E-state index contributed by atoms with van der Waals surface area (Å²) in [4.78, 5) is 25.6. The van der Waals surface area contributed by atoms with Crippen LogP contribution >= 0.6 is 0 Å². The predicted molar refractivity (Wildman–Crippen MR) is 107 cm³/mol. The van der Waals surface area contributed by atoms with E-state index in [9.17, 15) is 9.59 Å². The molecule has 0 aromatic heterocycles. The van der Waals surface area contributed by atoms with Gasteiger partial charge in [-0.2, -0.15) is 0 Å². The molecule has 1 aliphatic rings. The Morgan fingerprint density at radius 1 is 0.963 bits per heavy atom. The van der Waals surface area contributed by atoms with Gasteiger partial charge in [0.1, 0.15) is 6.61 Å². The lowest BCUT2D eigenvalue weighted by Gasteiger charge is -2.30. The summed E-state index contributed by atoms with van der Waals surface area (Å²) < 4.78 is 5.44. The zero-order valence-electron chi connectivity index (χ0n) is 16.9. The Labute approximate surface area is 163 Å². The van der Waals surface area contributed by atoms with Crippen LogP contribution in [-0.4, -0.2) is 35.1 Å². The molecule has 2 rings (SSSR count). The Hall–Kier alpha value is -2.04. The first-order chi connectivity index (χ1) is 13.2. The Morgan fingerprint density at radius 2 is 1.70 bits per heavy atom. The SMILES string of the molecule is CCCCCCC(CCC)C(=O)N1CCCN1C(=O)OCc1ccccc1. The molecule has 150 valence electrons. The number of nitrogens with zero attached hydrogens (tertiary/aromatic N) is 2. The van der Waals surface area contributed by atoms with E-state index in [0.717, 1.165) is 37.7 Å². The van der Waals surface area contributed by atoms with Crippen LogP contribution in [0.3, 0.4) is 0 Å². The van der Waals surface area contributed by atoms with Crippen LogP contribution in [0.15, 0.2) is 30.3 Å². The maximum atomic E-state index is 13.1. The molecule has 1 atom stereocenters. The third kappa shape index (κ3) is 6.56. The third-order valence-electron chi connectivity index (χ3n) is 5.09. The highest BCUT2D eigenvalue weighted by molar-refractivity contribution is 5.81. The lowest BCUT2D eigenvalue weighted by Crippen LogP contribution is -2.47. The number of unbranched alkanes of at least 4 members (excludes halogenated alkanes) is 3. The van der Waals surface area contributed by atoms with Gasteiger partial charge < -0.3 is 4.74 Å². The molecule has 1 unspecified atom stereocenters. The molecule has 27 heavy (non-hydrogen) atoms. The highest BCUT2D eigenvalue weighted by atomic mass is 16.6. The van der Waals surface area contributed by atoms with Crippen LogP contribution in [0.1, 0.15) is 70.8 Å². The summed E-state index contributed by atoms with van der Waals surface area (Å²) in [6, 6.07) is 9.62. The van der Waals surface area contributed by atoms with Gasteiger partial charge in [0.15, 0.2) is 0 Å². The van der Waals surface area contributed by atoms with Gasteiger partial charge in [0.05, 0.1) is 0 Å². The summed E-state index contributed by atoms with van der Waals surface area (Å²) in [6.45, 7) is 5.69. The first kappa shape index (κ1) is 21.3. The molecule has 1 saturated heterocycles. The molecule has 5 nitrogen and oxygen atoms in total. The van der Waals surface area contributed by atoms with Crippen molar-refractivity contribution in [2.24, 2.45) is 5.92 Å². The van der Waals surface area contributed by atoms with E-state index in [1.165, 1.54) is 24.3 Å². The highest BCUT2D eigenvalue weighted by Gasteiger charge is 2.34. The lowest BCUT2D eigenvalue weighted by atomic mass is 9.95. The van der Waals surface area contributed by atoms with E-state index in [1.54, 1.807) is 5.01 Å². The van der Waals surface area contributed by atoms with Gasteiger partial charge in [-0.3, -0.25) is 4.79 Å². The quantitative estimate of drug-likeness (QED) is 0.532. The van der Waals surface area contributed by atoms with E-state index in [0.29, 0.717) is 13.1 Å². The number of rotatable bonds is 10. The monoisotopic (exact) mass is 374 g/mol. The Bertz CT molecular complexity index is 576. The largest absolute Gasteiger partial charge is 0.443 e. The fraction of sp³-hybridized carbons (Fsp3) is 0.636. The fourth-order valence-electron chi connectivity index (χ4n) is 3.59. The summed E-state index contributed by atoms with van der Waals surface area (Å²) >= 11 is 0. The first-order valence-corrected chi connectivity index (χ1v) is 10.5. The van der Waals surface area contributed by atoms with Crippen LogP contribution < -0.4 is 0 Å². The van der Waals surface area contributed by atoms with Crippen LogP contribution in [0.4, 0.5) is 4.79 Å². The average molecular weight is 375 g/mol. The van der Waals surface area contributed by atoms with E-state index in [-0.39, 0.29) is 18.4 Å². The molecule has 1 aliphatic heterocycles. The number of amides is 2. The van der Waals surface area contributed by atoms with Crippen molar-refractivity contribution in [1.82, 2.24) is 10.0 Å². The van der Waals surface area contributed by atoms with Gasteiger partial charge in [-0.1, -0.05) is 76.3 Å². The minimum absolute atomic E-state index is 0.00868. The number of ether oxygens (including phenoxy) is 1. The van der Waals surface area contributed by atoms with Crippen molar-refractivity contribution in [3.63, 3.8) is 0 Å². The van der Waals surface area contributed by atoms with E-state index >= 15 is 0 Å². The van der Waals surface area contributed by atoms with Crippen LogP contribution in [-0.2, 0) is 16.1 Å². The number of hydrogen-bond donors (Lipinski definition) is 0. The molecule has 0 N–H and O–H groups in total. The summed E-state index contributed by atoms with van der Waals surface area (Å²) in [5.41, 5.74) is 0.947. The van der Waals surface area contributed by atoms with Crippen molar-refractivity contribution in [3.8, 4) is 0 Å². The molecule has 2 amide bonds. The molecule has 1 aromatic rings. The average Bonchev–Trinajstić information content (AvgIpc) is 3.19. The Balaban J connectivity index is 1.91. The topological polar surface area (TPSA) is 49.9 Å². The third-order valence-corrected chi connectivity index (χ3v) is 5.09. The Morgan fingerprint density at radius 3 is 2.41 bits per heavy atom. The molecule has 0 bridgehead atoms. The van der Waals surface area contributed by atoms with Crippen molar-refractivity contribution in [2.75, 3.05) is 13.1 Å². The van der Waals surface area contributed by atoms with E-state index in [2.05, 4.69) is 13.8 Å². The second-order valence-electron chi connectivity index (χ2n) is 7.31. The number of benzene rings is 1. The highest BCUT2D eigenvalue weighted by Crippen LogP contribution is 2.23. The van der Waals surface area contributed by atoms with E-state index in [1.807, 2.05) is 30.3 Å².